The molecule has 6 heteroatoms. The van der Waals surface area contributed by atoms with E-state index in [2.05, 4.69) is 15.5 Å². The normalized spacial score (nSPS) is 13.5. The number of hydrogen-bond acceptors (Lipinski definition) is 3. The van der Waals surface area contributed by atoms with Gasteiger partial charge in [0.05, 0.1) is 13.0 Å². The third-order valence-electron chi connectivity index (χ3n) is 4.38. The molecule has 5 nitrogen and oxygen atoms in total. The zero-order valence-corrected chi connectivity index (χ0v) is 14.5. The number of anilines is 2. The Hall–Kier alpha value is -2.89. The predicted molar refractivity (Wildman–Crippen MR) is 99.6 cm³/mol. The molecule has 1 aliphatic heterocycles. The van der Waals surface area contributed by atoms with Gasteiger partial charge in [-0.3, -0.25) is 9.59 Å². The fraction of sp³-hybridized carbons (Fsp3) is 0.300. The Labute approximate surface area is 152 Å². The van der Waals surface area contributed by atoms with Gasteiger partial charge in [-0.05, 0) is 48.7 Å². The highest BCUT2D eigenvalue weighted by Crippen LogP contribution is 2.21. The average Bonchev–Trinajstić information content (AvgIpc) is 3.17. The van der Waals surface area contributed by atoms with Crippen LogP contribution in [0.2, 0.25) is 0 Å². The molecule has 1 aliphatic rings. The summed E-state index contributed by atoms with van der Waals surface area (Å²) in [6.07, 6.45) is 2.33. The zero-order chi connectivity index (χ0) is 18.4. The summed E-state index contributed by atoms with van der Waals surface area (Å²) in [5.74, 6) is -1.14. The van der Waals surface area contributed by atoms with Crippen molar-refractivity contribution in [3.05, 3.63) is 59.9 Å². The van der Waals surface area contributed by atoms with E-state index in [4.69, 9.17) is 0 Å². The van der Waals surface area contributed by atoms with Crippen molar-refractivity contribution in [3.8, 4) is 0 Å². The Kier molecular flexibility index (Phi) is 5.84. The molecule has 2 N–H and O–H groups in total. The van der Waals surface area contributed by atoms with Crippen molar-refractivity contribution in [3.63, 3.8) is 0 Å². The smallest absolute Gasteiger partial charge is 0.243 e. The number of nitrogens with one attached hydrogen (secondary N) is 2. The second-order valence-corrected chi connectivity index (χ2v) is 6.33. The fourth-order valence-corrected chi connectivity index (χ4v) is 2.99. The molecule has 136 valence electrons. The number of carbonyl (C=O) groups excluding carboxylic acids is 2. The van der Waals surface area contributed by atoms with Crippen molar-refractivity contribution in [1.82, 2.24) is 5.32 Å². The van der Waals surface area contributed by atoms with Crippen LogP contribution in [0.25, 0.3) is 0 Å². The summed E-state index contributed by atoms with van der Waals surface area (Å²) in [5.41, 5.74) is 2.14. The van der Waals surface area contributed by atoms with Crippen molar-refractivity contribution >= 4 is 23.2 Å². The molecule has 0 bridgehead atoms. The Bertz CT molecular complexity index is 771. The molecule has 0 atom stereocenters. The van der Waals surface area contributed by atoms with Crippen molar-refractivity contribution in [2.75, 3.05) is 29.9 Å². The van der Waals surface area contributed by atoms with Gasteiger partial charge in [0.15, 0.2) is 0 Å². The van der Waals surface area contributed by atoms with Crippen molar-refractivity contribution in [2.45, 2.75) is 19.3 Å². The quantitative estimate of drug-likeness (QED) is 0.838. The van der Waals surface area contributed by atoms with E-state index in [-0.39, 0.29) is 18.9 Å². The minimum absolute atomic E-state index is 0.0928. The molecule has 0 aliphatic carbocycles. The highest BCUT2D eigenvalue weighted by atomic mass is 19.1. The summed E-state index contributed by atoms with van der Waals surface area (Å²) in [7, 11) is 0. The lowest BCUT2D eigenvalue weighted by atomic mass is 10.1. The van der Waals surface area contributed by atoms with Gasteiger partial charge in [-0.25, -0.2) is 4.39 Å². The van der Waals surface area contributed by atoms with Crippen LogP contribution < -0.4 is 15.5 Å². The summed E-state index contributed by atoms with van der Waals surface area (Å²) >= 11 is 0. The van der Waals surface area contributed by atoms with Crippen LogP contribution in [0.1, 0.15) is 18.4 Å². The second kappa shape index (κ2) is 8.47. The number of carbonyl (C=O) groups is 2. The first-order chi connectivity index (χ1) is 12.6. The van der Waals surface area contributed by atoms with Crippen molar-refractivity contribution in [2.24, 2.45) is 0 Å². The maximum absolute atomic E-state index is 13.5. The second-order valence-electron chi connectivity index (χ2n) is 6.33. The Morgan fingerprint density at radius 1 is 0.962 bits per heavy atom. The molecule has 0 aromatic heterocycles. The van der Waals surface area contributed by atoms with Gasteiger partial charge >= 0.3 is 0 Å². The molecular weight excluding hydrogens is 333 g/mol. The summed E-state index contributed by atoms with van der Waals surface area (Å²) in [6.45, 7) is 1.99. The summed E-state index contributed by atoms with van der Waals surface area (Å²) in [4.78, 5) is 26.1. The molecule has 3 rings (SSSR count). The summed E-state index contributed by atoms with van der Waals surface area (Å²) in [5, 5.41) is 5.25. The highest BCUT2D eigenvalue weighted by molar-refractivity contribution is 5.94. The van der Waals surface area contributed by atoms with E-state index in [1.54, 1.807) is 18.2 Å². The third-order valence-corrected chi connectivity index (χ3v) is 4.38. The van der Waals surface area contributed by atoms with E-state index in [1.165, 1.54) is 18.9 Å². The molecule has 2 aromatic rings. The van der Waals surface area contributed by atoms with E-state index >= 15 is 0 Å². The van der Waals surface area contributed by atoms with Crippen molar-refractivity contribution < 1.29 is 14.0 Å². The van der Waals surface area contributed by atoms with E-state index in [9.17, 15) is 14.0 Å². The molecule has 1 fully saturated rings. The lowest BCUT2D eigenvalue weighted by Gasteiger charge is -2.17. The van der Waals surface area contributed by atoms with Gasteiger partial charge in [0.1, 0.15) is 5.82 Å². The Morgan fingerprint density at radius 2 is 1.65 bits per heavy atom. The van der Waals surface area contributed by atoms with E-state index in [0.29, 0.717) is 11.3 Å². The Balaban J connectivity index is 1.45. The van der Waals surface area contributed by atoms with Gasteiger partial charge in [-0.1, -0.05) is 18.2 Å². The molecular formula is C20H22FN3O2. The molecule has 2 aromatic carbocycles. The Morgan fingerprint density at radius 3 is 2.35 bits per heavy atom. The number of rotatable bonds is 6. The van der Waals surface area contributed by atoms with Crippen LogP contribution in [-0.4, -0.2) is 31.4 Å². The number of nitrogens with zero attached hydrogens (tertiary/aromatic N) is 1. The number of halogens is 1. The third kappa shape index (κ3) is 4.81. The summed E-state index contributed by atoms with van der Waals surface area (Å²) < 4.78 is 13.5. The first-order valence-corrected chi connectivity index (χ1v) is 8.77. The van der Waals surface area contributed by atoms with Crippen LogP contribution in [0, 0.1) is 5.82 Å². The number of benzene rings is 2. The van der Waals surface area contributed by atoms with Gasteiger partial charge in [-0.2, -0.15) is 0 Å². The van der Waals surface area contributed by atoms with Crippen LogP contribution in [0.15, 0.2) is 48.5 Å². The van der Waals surface area contributed by atoms with Gasteiger partial charge in [0, 0.05) is 24.5 Å². The SMILES string of the molecule is O=C(Cc1ccccc1F)NCC(=O)Nc1ccc(N2CCCC2)cc1. The summed E-state index contributed by atoms with van der Waals surface area (Å²) in [6, 6.07) is 13.8. The van der Waals surface area contributed by atoms with Crippen LogP contribution in [0.4, 0.5) is 15.8 Å². The van der Waals surface area contributed by atoms with Gasteiger partial charge in [0.2, 0.25) is 11.8 Å². The lowest BCUT2D eigenvalue weighted by Crippen LogP contribution is -2.33. The van der Waals surface area contributed by atoms with Gasteiger partial charge in [-0.15, -0.1) is 0 Å². The first-order valence-electron chi connectivity index (χ1n) is 8.77. The molecule has 0 unspecified atom stereocenters. The lowest BCUT2D eigenvalue weighted by molar-refractivity contribution is -0.123. The maximum Gasteiger partial charge on any atom is 0.243 e. The molecule has 0 saturated carbocycles. The van der Waals surface area contributed by atoms with Crippen LogP contribution in [0.3, 0.4) is 0 Å². The van der Waals surface area contributed by atoms with E-state index in [0.717, 1.165) is 18.8 Å². The topological polar surface area (TPSA) is 61.4 Å². The molecule has 0 radical (unpaired) electrons. The largest absolute Gasteiger partial charge is 0.372 e. The zero-order valence-electron chi connectivity index (χ0n) is 14.5. The van der Waals surface area contributed by atoms with Crippen molar-refractivity contribution in [1.29, 1.82) is 0 Å². The fourth-order valence-electron chi connectivity index (χ4n) is 2.99. The maximum atomic E-state index is 13.5. The monoisotopic (exact) mass is 355 g/mol. The highest BCUT2D eigenvalue weighted by Gasteiger charge is 2.12. The number of hydrogen-bond donors (Lipinski definition) is 2. The number of amides is 2. The van der Waals surface area contributed by atoms with Crippen LogP contribution in [-0.2, 0) is 16.0 Å². The molecule has 0 spiro atoms. The standard InChI is InChI=1S/C20H22FN3O2/c21-18-6-2-1-5-15(18)13-19(25)22-14-20(26)23-16-7-9-17(10-8-16)24-11-3-4-12-24/h1-2,5-10H,3-4,11-14H2,(H,22,25)(H,23,26). The minimum Gasteiger partial charge on any atom is -0.372 e. The molecule has 26 heavy (non-hydrogen) atoms. The van der Waals surface area contributed by atoms with E-state index < -0.39 is 11.7 Å². The van der Waals surface area contributed by atoms with E-state index in [1.807, 2.05) is 24.3 Å². The first kappa shape index (κ1) is 17.9. The van der Waals surface area contributed by atoms with Gasteiger partial charge in [0.25, 0.3) is 0 Å². The molecule has 2 amide bonds. The minimum atomic E-state index is -0.426. The molecule has 1 saturated heterocycles. The van der Waals surface area contributed by atoms with Crippen LogP contribution in [0.5, 0.6) is 0 Å². The van der Waals surface area contributed by atoms with Gasteiger partial charge < -0.3 is 15.5 Å². The molecule has 1 heterocycles. The predicted octanol–water partition coefficient (Wildman–Crippen LogP) is 2.72. The average molecular weight is 355 g/mol. The van der Waals surface area contributed by atoms with Crippen LogP contribution >= 0.6 is 0 Å².